The second-order valence-corrected chi connectivity index (χ2v) is 7.00. The molecule has 0 spiro atoms. The number of nitrogens with zero attached hydrogens (tertiary/aromatic N) is 1. The summed E-state index contributed by atoms with van der Waals surface area (Å²) in [6, 6.07) is 17.6. The first kappa shape index (κ1) is 26.2. The fourth-order valence-electron chi connectivity index (χ4n) is 2.75. The van der Waals surface area contributed by atoms with E-state index in [1.807, 2.05) is 49.4 Å². The number of hydrogen-bond acceptors (Lipinski definition) is 4. The fraction of sp³-hybridized carbons (Fsp3) is 0.435. The SMILES string of the molecule is CCNC(=NCC(C)COCc1ccccc1)NCC(O)c1cccc(OC)c1.I. The van der Waals surface area contributed by atoms with Gasteiger partial charge >= 0.3 is 0 Å². The molecule has 0 aliphatic heterocycles. The van der Waals surface area contributed by atoms with Crippen LogP contribution in [0.15, 0.2) is 59.6 Å². The van der Waals surface area contributed by atoms with E-state index in [9.17, 15) is 5.11 Å². The van der Waals surface area contributed by atoms with Gasteiger partial charge in [0.05, 0.1) is 26.4 Å². The number of aliphatic hydroxyl groups is 1. The molecule has 2 rings (SSSR count). The minimum absolute atomic E-state index is 0. The van der Waals surface area contributed by atoms with Gasteiger partial charge in [0.1, 0.15) is 5.75 Å². The second kappa shape index (κ2) is 15.0. The molecule has 0 aromatic heterocycles. The monoisotopic (exact) mass is 527 g/mol. The number of guanidine groups is 1. The molecule has 2 unspecified atom stereocenters. The van der Waals surface area contributed by atoms with E-state index in [0.29, 0.717) is 32.3 Å². The molecule has 0 amide bonds. The molecule has 0 radical (unpaired) electrons. The Morgan fingerprint density at radius 1 is 1.10 bits per heavy atom. The fourth-order valence-corrected chi connectivity index (χ4v) is 2.75. The zero-order chi connectivity index (χ0) is 20.9. The summed E-state index contributed by atoms with van der Waals surface area (Å²) in [4.78, 5) is 4.62. The molecule has 2 aromatic carbocycles. The summed E-state index contributed by atoms with van der Waals surface area (Å²) in [5.74, 6) is 1.70. The van der Waals surface area contributed by atoms with Crippen molar-refractivity contribution in [3.8, 4) is 5.75 Å². The van der Waals surface area contributed by atoms with Crippen LogP contribution in [0.4, 0.5) is 0 Å². The number of hydrogen-bond donors (Lipinski definition) is 3. The molecule has 0 saturated carbocycles. The van der Waals surface area contributed by atoms with Crippen LogP contribution in [0.5, 0.6) is 5.75 Å². The highest BCUT2D eigenvalue weighted by Crippen LogP contribution is 2.18. The molecule has 3 N–H and O–H groups in total. The first-order valence-corrected chi connectivity index (χ1v) is 10.1. The summed E-state index contributed by atoms with van der Waals surface area (Å²) < 4.78 is 11.0. The van der Waals surface area contributed by atoms with Gasteiger partial charge in [-0.15, -0.1) is 24.0 Å². The molecular weight excluding hydrogens is 493 g/mol. The zero-order valence-corrected chi connectivity index (χ0v) is 20.3. The molecule has 0 heterocycles. The van der Waals surface area contributed by atoms with Crippen LogP contribution >= 0.6 is 24.0 Å². The highest BCUT2D eigenvalue weighted by molar-refractivity contribution is 14.0. The van der Waals surface area contributed by atoms with E-state index < -0.39 is 6.10 Å². The van der Waals surface area contributed by atoms with Gasteiger partial charge in [-0.1, -0.05) is 49.4 Å². The van der Waals surface area contributed by atoms with Crippen LogP contribution in [0.25, 0.3) is 0 Å². The molecule has 2 atom stereocenters. The van der Waals surface area contributed by atoms with E-state index in [0.717, 1.165) is 17.9 Å². The summed E-state index contributed by atoms with van der Waals surface area (Å²) in [6.07, 6.45) is -0.652. The molecular formula is C23H34IN3O3. The first-order valence-electron chi connectivity index (χ1n) is 10.1. The second-order valence-electron chi connectivity index (χ2n) is 7.00. The highest BCUT2D eigenvalue weighted by atomic mass is 127. The Hall–Kier alpha value is -1.84. The van der Waals surface area contributed by atoms with Crippen molar-refractivity contribution < 1.29 is 14.6 Å². The van der Waals surface area contributed by atoms with Crippen LogP contribution in [0.2, 0.25) is 0 Å². The number of nitrogens with one attached hydrogen (secondary N) is 2. The summed E-state index contributed by atoms with van der Waals surface area (Å²) in [5, 5.41) is 16.9. The maximum atomic E-state index is 10.4. The van der Waals surface area contributed by atoms with E-state index >= 15 is 0 Å². The molecule has 0 saturated heterocycles. The third-order valence-corrected chi connectivity index (χ3v) is 4.36. The van der Waals surface area contributed by atoms with Crippen LogP contribution in [0, 0.1) is 5.92 Å². The van der Waals surface area contributed by atoms with Gasteiger partial charge in [0.15, 0.2) is 5.96 Å². The van der Waals surface area contributed by atoms with Gasteiger partial charge in [-0.3, -0.25) is 4.99 Å². The molecule has 30 heavy (non-hydrogen) atoms. The molecule has 0 fully saturated rings. The van der Waals surface area contributed by atoms with Crippen molar-refractivity contribution in [2.45, 2.75) is 26.6 Å². The zero-order valence-electron chi connectivity index (χ0n) is 18.0. The standard InChI is InChI=1S/C23H33N3O3.HI/c1-4-24-23(26-15-22(27)20-11-8-12-21(13-20)28-3)25-14-18(2)16-29-17-19-9-6-5-7-10-19;/h5-13,18,22,27H,4,14-17H2,1-3H3,(H2,24,25,26);1H. The van der Waals surface area contributed by atoms with Crippen LogP contribution in [0.1, 0.15) is 31.1 Å². The van der Waals surface area contributed by atoms with E-state index in [4.69, 9.17) is 9.47 Å². The Balaban J connectivity index is 0.00000450. The Morgan fingerprint density at radius 2 is 1.87 bits per heavy atom. The van der Waals surface area contributed by atoms with E-state index in [1.165, 1.54) is 5.56 Å². The van der Waals surface area contributed by atoms with E-state index in [2.05, 4.69) is 34.7 Å². The largest absolute Gasteiger partial charge is 0.497 e. The number of aliphatic hydroxyl groups excluding tert-OH is 1. The Morgan fingerprint density at radius 3 is 2.57 bits per heavy atom. The lowest BCUT2D eigenvalue weighted by Gasteiger charge is -2.17. The van der Waals surface area contributed by atoms with Gasteiger partial charge in [0.2, 0.25) is 0 Å². The summed E-state index contributed by atoms with van der Waals surface area (Å²) in [6.45, 7) is 7.13. The molecule has 2 aromatic rings. The predicted octanol–water partition coefficient (Wildman–Crippen LogP) is 3.75. The molecule has 166 valence electrons. The lowest BCUT2D eigenvalue weighted by Crippen LogP contribution is -2.39. The third-order valence-electron chi connectivity index (χ3n) is 4.36. The van der Waals surface area contributed by atoms with Crippen LogP contribution in [-0.4, -0.2) is 44.4 Å². The summed E-state index contributed by atoms with van der Waals surface area (Å²) in [7, 11) is 1.62. The molecule has 0 bridgehead atoms. The molecule has 0 aliphatic carbocycles. The van der Waals surface area contributed by atoms with Crippen molar-refractivity contribution in [2.75, 3.05) is 33.4 Å². The Bertz CT molecular complexity index is 743. The van der Waals surface area contributed by atoms with Gasteiger partial charge in [0, 0.05) is 19.6 Å². The maximum Gasteiger partial charge on any atom is 0.191 e. The number of ether oxygens (including phenoxy) is 2. The highest BCUT2D eigenvalue weighted by Gasteiger charge is 2.10. The smallest absolute Gasteiger partial charge is 0.191 e. The van der Waals surface area contributed by atoms with E-state index in [-0.39, 0.29) is 29.9 Å². The first-order chi connectivity index (χ1) is 14.1. The predicted molar refractivity (Wildman–Crippen MR) is 133 cm³/mol. The number of aliphatic imine (C=N–C) groups is 1. The van der Waals surface area contributed by atoms with E-state index in [1.54, 1.807) is 7.11 Å². The number of methoxy groups -OCH3 is 1. The maximum absolute atomic E-state index is 10.4. The third kappa shape index (κ3) is 9.77. The number of benzene rings is 2. The normalized spacial score (nSPS) is 13.1. The quantitative estimate of drug-likeness (QED) is 0.236. The number of rotatable bonds is 11. The lowest BCUT2D eigenvalue weighted by atomic mass is 10.1. The molecule has 0 aliphatic rings. The Kier molecular flexibility index (Phi) is 13.1. The van der Waals surface area contributed by atoms with Gasteiger partial charge in [0.25, 0.3) is 0 Å². The lowest BCUT2D eigenvalue weighted by molar-refractivity contribution is 0.0944. The summed E-state index contributed by atoms with van der Waals surface area (Å²) >= 11 is 0. The average Bonchev–Trinajstić information content (AvgIpc) is 2.76. The Labute approximate surface area is 197 Å². The van der Waals surface area contributed by atoms with Crippen molar-refractivity contribution in [3.63, 3.8) is 0 Å². The van der Waals surface area contributed by atoms with Crippen LogP contribution in [0.3, 0.4) is 0 Å². The average molecular weight is 527 g/mol. The van der Waals surface area contributed by atoms with Gasteiger partial charge in [-0.2, -0.15) is 0 Å². The van der Waals surface area contributed by atoms with Crippen LogP contribution in [-0.2, 0) is 11.3 Å². The topological polar surface area (TPSA) is 75.1 Å². The van der Waals surface area contributed by atoms with Crippen molar-refractivity contribution in [1.82, 2.24) is 10.6 Å². The van der Waals surface area contributed by atoms with Gasteiger partial charge in [-0.05, 0) is 36.1 Å². The van der Waals surface area contributed by atoms with Crippen molar-refractivity contribution in [1.29, 1.82) is 0 Å². The van der Waals surface area contributed by atoms with Crippen molar-refractivity contribution in [2.24, 2.45) is 10.9 Å². The minimum atomic E-state index is -0.652. The van der Waals surface area contributed by atoms with Crippen molar-refractivity contribution in [3.05, 3.63) is 65.7 Å². The molecule has 6 nitrogen and oxygen atoms in total. The minimum Gasteiger partial charge on any atom is -0.497 e. The van der Waals surface area contributed by atoms with Gasteiger partial charge in [-0.25, -0.2) is 0 Å². The van der Waals surface area contributed by atoms with Gasteiger partial charge < -0.3 is 25.2 Å². The number of halogens is 1. The van der Waals surface area contributed by atoms with Crippen molar-refractivity contribution >= 4 is 29.9 Å². The summed E-state index contributed by atoms with van der Waals surface area (Å²) in [5.41, 5.74) is 1.97. The van der Waals surface area contributed by atoms with Crippen LogP contribution < -0.4 is 15.4 Å². The molecule has 7 heteroatoms.